The minimum Gasteiger partial charge on any atom is -0.476 e. The first-order valence-corrected chi connectivity index (χ1v) is 5.06. The van der Waals surface area contributed by atoms with Crippen LogP contribution < -0.4 is 10.5 Å². The molecule has 0 aliphatic carbocycles. The summed E-state index contributed by atoms with van der Waals surface area (Å²) in [5.41, 5.74) is 6.55. The molecule has 0 aliphatic rings. The van der Waals surface area contributed by atoms with E-state index < -0.39 is 0 Å². The summed E-state index contributed by atoms with van der Waals surface area (Å²) in [6.45, 7) is 2.76. The topological polar surface area (TPSA) is 71.9 Å². The average molecular weight is 205 g/mol. The maximum atomic E-state index is 8.61. The van der Waals surface area contributed by atoms with Gasteiger partial charge in [0.15, 0.2) is 0 Å². The maximum Gasteiger partial charge on any atom is 0.237 e. The number of nitrogens with two attached hydrogens (primary N) is 1. The fourth-order valence-corrected chi connectivity index (χ4v) is 1.17. The number of ether oxygens (including phenoxy) is 1. The minimum atomic E-state index is 0.421. The molecule has 4 heteroatoms. The number of nitrogens with zero attached hydrogens (tertiary/aromatic N) is 2. The van der Waals surface area contributed by atoms with Crippen LogP contribution in [-0.4, -0.2) is 11.6 Å². The van der Waals surface area contributed by atoms with Crippen LogP contribution in [0.25, 0.3) is 0 Å². The van der Waals surface area contributed by atoms with E-state index in [1.54, 1.807) is 6.07 Å². The zero-order valence-electron chi connectivity index (χ0n) is 8.86. The van der Waals surface area contributed by atoms with Crippen LogP contribution in [0.3, 0.4) is 0 Å². The van der Waals surface area contributed by atoms with E-state index in [2.05, 4.69) is 11.9 Å². The number of unbranched alkanes of at least 4 members (excludes halogenated alkanes) is 2. The van der Waals surface area contributed by atoms with Gasteiger partial charge in [0.05, 0.1) is 17.9 Å². The summed E-state index contributed by atoms with van der Waals surface area (Å²) in [5.74, 6) is 0.421. The van der Waals surface area contributed by atoms with E-state index in [9.17, 15) is 0 Å². The molecule has 0 radical (unpaired) electrons. The number of hydrogen-bond acceptors (Lipinski definition) is 4. The van der Waals surface area contributed by atoms with Crippen molar-refractivity contribution < 1.29 is 4.74 Å². The first-order valence-electron chi connectivity index (χ1n) is 5.06. The monoisotopic (exact) mass is 205 g/mol. The van der Waals surface area contributed by atoms with Gasteiger partial charge in [0, 0.05) is 6.20 Å². The van der Waals surface area contributed by atoms with Crippen LogP contribution in [0.2, 0.25) is 0 Å². The predicted molar refractivity (Wildman–Crippen MR) is 58.4 cm³/mol. The summed E-state index contributed by atoms with van der Waals surface area (Å²) >= 11 is 0. The lowest BCUT2D eigenvalue weighted by molar-refractivity contribution is 0.296. The second-order valence-electron chi connectivity index (χ2n) is 3.29. The molecular weight excluding hydrogens is 190 g/mol. The molecule has 0 bridgehead atoms. The Hall–Kier alpha value is -1.76. The third-order valence-corrected chi connectivity index (χ3v) is 1.99. The molecule has 0 amide bonds. The Morgan fingerprint density at radius 1 is 1.53 bits per heavy atom. The van der Waals surface area contributed by atoms with Gasteiger partial charge in [0.1, 0.15) is 6.07 Å². The quantitative estimate of drug-likeness (QED) is 0.747. The molecule has 2 N–H and O–H groups in total. The van der Waals surface area contributed by atoms with Gasteiger partial charge < -0.3 is 10.5 Å². The third kappa shape index (κ3) is 3.47. The van der Waals surface area contributed by atoms with Gasteiger partial charge in [-0.1, -0.05) is 19.8 Å². The lowest BCUT2D eigenvalue weighted by Gasteiger charge is -2.06. The zero-order chi connectivity index (χ0) is 11.1. The molecule has 0 aliphatic heterocycles. The molecule has 80 valence electrons. The van der Waals surface area contributed by atoms with Crippen molar-refractivity contribution in [3.63, 3.8) is 0 Å². The lowest BCUT2D eigenvalue weighted by atomic mass is 10.2. The van der Waals surface area contributed by atoms with Crippen molar-refractivity contribution in [2.24, 2.45) is 0 Å². The van der Waals surface area contributed by atoms with Gasteiger partial charge >= 0.3 is 0 Å². The van der Waals surface area contributed by atoms with Crippen LogP contribution in [0.1, 0.15) is 31.7 Å². The van der Waals surface area contributed by atoms with Crippen LogP contribution in [0, 0.1) is 11.3 Å². The van der Waals surface area contributed by atoms with E-state index in [-0.39, 0.29) is 0 Å². The standard InChI is InChI=1S/C11H15N3O/c1-2-3-4-5-15-11-10(13)6-9(7-12)8-14-11/h6,8H,2-5,13H2,1H3. The van der Waals surface area contributed by atoms with Crippen molar-refractivity contribution in [1.29, 1.82) is 5.26 Å². The lowest BCUT2D eigenvalue weighted by Crippen LogP contribution is -2.02. The van der Waals surface area contributed by atoms with E-state index in [0.717, 1.165) is 19.3 Å². The number of anilines is 1. The van der Waals surface area contributed by atoms with Crippen molar-refractivity contribution in [3.8, 4) is 11.9 Å². The Kier molecular flexibility index (Phi) is 4.42. The fraction of sp³-hybridized carbons (Fsp3) is 0.455. The smallest absolute Gasteiger partial charge is 0.237 e. The van der Waals surface area contributed by atoms with Gasteiger partial charge in [0.2, 0.25) is 5.88 Å². The van der Waals surface area contributed by atoms with Crippen LogP contribution in [0.15, 0.2) is 12.3 Å². The molecule has 15 heavy (non-hydrogen) atoms. The van der Waals surface area contributed by atoms with Gasteiger partial charge in [0.25, 0.3) is 0 Å². The van der Waals surface area contributed by atoms with Crippen molar-refractivity contribution in [2.45, 2.75) is 26.2 Å². The summed E-state index contributed by atoms with van der Waals surface area (Å²) < 4.78 is 5.39. The summed E-state index contributed by atoms with van der Waals surface area (Å²) in [6, 6.07) is 3.54. The average Bonchev–Trinajstić information content (AvgIpc) is 2.26. The van der Waals surface area contributed by atoms with Gasteiger partial charge in [-0.05, 0) is 12.5 Å². The molecule has 0 unspecified atom stereocenters. The number of rotatable bonds is 5. The Balaban J connectivity index is 2.52. The highest BCUT2D eigenvalue weighted by molar-refractivity contribution is 5.51. The van der Waals surface area contributed by atoms with E-state index in [0.29, 0.717) is 23.7 Å². The first kappa shape index (κ1) is 11.3. The highest BCUT2D eigenvalue weighted by Gasteiger charge is 2.02. The molecule has 1 heterocycles. The highest BCUT2D eigenvalue weighted by atomic mass is 16.5. The van der Waals surface area contributed by atoms with Gasteiger partial charge in [-0.2, -0.15) is 5.26 Å². The van der Waals surface area contributed by atoms with Crippen LogP contribution >= 0.6 is 0 Å². The third-order valence-electron chi connectivity index (χ3n) is 1.99. The maximum absolute atomic E-state index is 8.61. The summed E-state index contributed by atoms with van der Waals surface area (Å²) in [7, 11) is 0. The molecule has 0 saturated heterocycles. The first-order chi connectivity index (χ1) is 7.27. The molecule has 1 aromatic rings. The van der Waals surface area contributed by atoms with Gasteiger partial charge in [-0.3, -0.25) is 0 Å². The fourth-order valence-electron chi connectivity index (χ4n) is 1.17. The molecule has 0 saturated carbocycles. The molecule has 1 rings (SSSR count). The number of aromatic nitrogens is 1. The van der Waals surface area contributed by atoms with Crippen LogP contribution in [0.4, 0.5) is 5.69 Å². The van der Waals surface area contributed by atoms with E-state index >= 15 is 0 Å². The second kappa shape index (κ2) is 5.86. The predicted octanol–water partition coefficient (Wildman–Crippen LogP) is 2.10. The Morgan fingerprint density at radius 3 is 2.93 bits per heavy atom. The number of pyridine rings is 1. The largest absolute Gasteiger partial charge is 0.476 e. The van der Waals surface area contributed by atoms with E-state index in [1.165, 1.54) is 6.20 Å². The number of nitriles is 1. The van der Waals surface area contributed by atoms with Crippen LogP contribution in [0.5, 0.6) is 5.88 Å². The van der Waals surface area contributed by atoms with Gasteiger partial charge in [-0.25, -0.2) is 4.98 Å². The van der Waals surface area contributed by atoms with E-state index in [1.807, 2.05) is 6.07 Å². The zero-order valence-corrected chi connectivity index (χ0v) is 8.86. The molecule has 4 nitrogen and oxygen atoms in total. The Bertz CT molecular complexity index is 357. The summed E-state index contributed by atoms with van der Waals surface area (Å²) in [4.78, 5) is 3.98. The Morgan fingerprint density at radius 2 is 2.33 bits per heavy atom. The summed E-state index contributed by atoms with van der Waals surface area (Å²) in [5, 5.41) is 8.61. The molecule has 0 spiro atoms. The highest BCUT2D eigenvalue weighted by Crippen LogP contribution is 2.18. The Labute approximate surface area is 89.7 Å². The van der Waals surface area contributed by atoms with E-state index in [4.69, 9.17) is 15.7 Å². The number of hydrogen-bond donors (Lipinski definition) is 1. The van der Waals surface area contributed by atoms with Gasteiger partial charge in [-0.15, -0.1) is 0 Å². The van der Waals surface area contributed by atoms with Crippen LogP contribution in [-0.2, 0) is 0 Å². The molecular formula is C11H15N3O. The van der Waals surface area contributed by atoms with Crippen molar-refractivity contribution in [1.82, 2.24) is 4.98 Å². The number of nitrogen functional groups attached to an aromatic ring is 1. The van der Waals surface area contributed by atoms with Crippen molar-refractivity contribution >= 4 is 5.69 Å². The SMILES string of the molecule is CCCCCOc1ncc(C#N)cc1N. The van der Waals surface area contributed by atoms with Crippen molar-refractivity contribution in [3.05, 3.63) is 17.8 Å². The van der Waals surface area contributed by atoms with Crippen molar-refractivity contribution in [2.75, 3.05) is 12.3 Å². The molecule has 0 atom stereocenters. The normalized spacial score (nSPS) is 9.60. The second-order valence-corrected chi connectivity index (χ2v) is 3.29. The minimum absolute atomic E-state index is 0.421. The molecule has 1 aromatic heterocycles. The molecule has 0 aromatic carbocycles. The molecule has 0 fully saturated rings. The summed E-state index contributed by atoms with van der Waals surface area (Å²) in [6.07, 6.45) is 4.75.